The average molecular weight is 286 g/mol. The third kappa shape index (κ3) is 3.57. The molecule has 1 aromatic carbocycles. The fourth-order valence-electron chi connectivity index (χ4n) is 2.98. The van der Waals surface area contributed by atoms with E-state index >= 15 is 0 Å². The van der Waals surface area contributed by atoms with Gasteiger partial charge in [-0.05, 0) is 36.6 Å². The van der Waals surface area contributed by atoms with Crippen molar-refractivity contribution >= 4 is 5.78 Å². The highest BCUT2D eigenvalue weighted by Crippen LogP contribution is 2.28. The predicted molar refractivity (Wildman–Crippen MR) is 78.5 cm³/mol. The van der Waals surface area contributed by atoms with E-state index in [1.165, 1.54) is 37.8 Å². The molecule has 1 aromatic heterocycles. The molecule has 21 heavy (non-hydrogen) atoms. The van der Waals surface area contributed by atoms with Gasteiger partial charge < -0.3 is 0 Å². The Kier molecular flexibility index (Phi) is 4.13. The van der Waals surface area contributed by atoms with Crippen LogP contribution >= 0.6 is 0 Å². The van der Waals surface area contributed by atoms with Crippen LogP contribution in [0.4, 0.5) is 4.39 Å². The molecule has 2 aromatic rings. The number of hydrogen-bond acceptors (Lipinski definition) is 2. The van der Waals surface area contributed by atoms with Crippen LogP contribution in [0.3, 0.4) is 0 Å². The van der Waals surface area contributed by atoms with E-state index in [0.717, 1.165) is 11.3 Å². The van der Waals surface area contributed by atoms with Gasteiger partial charge in [-0.1, -0.05) is 25.0 Å². The molecule has 0 spiro atoms. The molecule has 0 bridgehead atoms. The molecule has 0 saturated heterocycles. The molecule has 0 atom stereocenters. The number of Topliss-reactive ketones (excluding diaryl/α,β-unsaturated/α-hetero) is 1. The quantitative estimate of drug-likeness (QED) is 0.843. The molecule has 1 heterocycles. The Morgan fingerprint density at radius 2 is 2.05 bits per heavy atom. The van der Waals surface area contributed by atoms with Crippen LogP contribution in [0, 0.1) is 5.82 Å². The standard InChI is InChI=1S/C17H19FN2O/c18-14-5-3-4-13(10-14)11-17(21)12-15-8-9-20(19-15)16-6-1-2-7-16/h3-5,8-10,16H,1-2,6-7,11-12H2. The Morgan fingerprint density at radius 1 is 1.24 bits per heavy atom. The van der Waals surface area contributed by atoms with Gasteiger partial charge in [0.15, 0.2) is 0 Å². The van der Waals surface area contributed by atoms with Crippen molar-refractivity contribution in [2.75, 3.05) is 0 Å². The number of carbonyl (C=O) groups is 1. The topological polar surface area (TPSA) is 34.9 Å². The Balaban J connectivity index is 1.59. The predicted octanol–water partition coefficient (Wildman–Crippen LogP) is 3.49. The minimum absolute atomic E-state index is 0.0669. The van der Waals surface area contributed by atoms with Gasteiger partial charge in [0.2, 0.25) is 0 Å². The van der Waals surface area contributed by atoms with Gasteiger partial charge in [0.25, 0.3) is 0 Å². The lowest BCUT2D eigenvalue weighted by Gasteiger charge is -2.08. The van der Waals surface area contributed by atoms with Gasteiger partial charge >= 0.3 is 0 Å². The van der Waals surface area contributed by atoms with Crippen molar-refractivity contribution in [1.82, 2.24) is 9.78 Å². The molecule has 0 amide bonds. The zero-order chi connectivity index (χ0) is 14.7. The molecule has 0 aliphatic heterocycles. The number of nitrogens with zero attached hydrogens (tertiary/aromatic N) is 2. The summed E-state index contributed by atoms with van der Waals surface area (Å²) in [5.74, 6) is -0.233. The molecule has 1 aliphatic rings. The lowest BCUT2D eigenvalue weighted by Crippen LogP contribution is -2.09. The molecule has 110 valence electrons. The summed E-state index contributed by atoms with van der Waals surface area (Å²) in [4.78, 5) is 12.1. The van der Waals surface area contributed by atoms with Crippen LogP contribution in [0.5, 0.6) is 0 Å². The molecule has 0 unspecified atom stereocenters. The summed E-state index contributed by atoms with van der Waals surface area (Å²) in [5.41, 5.74) is 1.53. The Morgan fingerprint density at radius 3 is 2.81 bits per heavy atom. The van der Waals surface area contributed by atoms with Crippen molar-refractivity contribution in [2.24, 2.45) is 0 Å². The van der Waals surface area contributed by atoms with Crippen LogP contribution in [-0.4, -0.2) is 15.6 Å². The maximum atomic E-state index is 13.1. The number of benzene rings is 1. The van der Waals surface area contributed by atoms with E-state index in [-0.39, 0.29) is 18.0 Å². The van der Waals surface area contributed by atoms with Crippen molar-refractivity contribution in [3.8, 4) is 0 Å². The zero-order valence-corrected chi connectivity index (χ0v) is 12.0. The molecule has 0 N–H and O–H groups in total. The fraction of sp³-hybridized carbons (Fsp3) is 0.412. The van der Waals surface area contributed by atoms with E-state index in [4.69, 9.17) is 0 Å². The summed E-state index contributed by atoms with van der Waals surface area (Å²) >= 11 is 0. The smallest absolute Gasteiger partial charge is 0.143 e. The first kappa shape index (κ1) is 14.0. The van der Waals surface area contributed by atoms with Crippen molar-refractivity contribution in [3.63, 3.8) is 0 Å². The average Bonchev–Trinajstić information content (AvgIpc) is 3.08. The summed E-state index contributed by atoms with van der Waals surface area (Å²) in [6, 6.07) is 8.62. The highest BCUT2D eigenvalue weighted by atomic mass is 19.1. The second-order valence-corrected chi connectivity index (χ2v) is 5.75. The maximum Gasteiger partial charge on any atom is 0.143 e. The van der Waals surface area contributed by atoms with Gasteiger partial charge in [-0.3, -0.25) is 9.48 Å². The minimum Gasteiger partial charge on any atom is -0.299 e. The lowest BCUT2D eigenvalue weighted by molar-refractivity contribution is -0.117. The molecule has 1 fully saturated rings. The third-order valence-electron chi connectivity index (χ3n) is 4.03. The molecule has 1 aliphatic carbocycles. The Hall–Kier alpha value is -1.97. The first-order valence-electron chi connectivity index (χ1n) is 7.51. The SMILES string of the molecule is O=C(Cc1cccc(F)c1)Cc1ccn(C2CCCC2)n1. The molecule has 0 radical (unpaired) electrons. The number of rotatable bonds is 5. The number of hydrogen-bond donors (Lipinski definition) is 0. The second kappa shape index (κ2) is 6.20. The van der Waals surface area contributed by atoms with Crippen molar-refractivity contribution in [3.05, 3.63) is 53.6 Å². The number of halogens is 1. The van der Waals surface area contributed by atoms with Crippen molar-refractivity contribution in [2.45, 2.75) is 44.6 Å². The van der Waals surface area contributed by atoms with E-state index in [2.05, 4.69) is 5.10 Å². The van der Waals surface area contributed by atoms with Gasteiger partial charge in [-0.2, -0.15) is 5.10 Å². The minimum atomic E-state index is -0.300. The van der Waals surface area contributed by atoms with Crippen LogP contribution in [0.25, 0.3) is 0 Å². The lowest BCUT2D eigenvalue weighted by atomic mass is 10.1. The summed E-state index contributed by atoms with van der Waals surface area (Å²) < 4.78 is 15.1. The van der Waals surface area contributed by atoms with Gasteiger partial charge in [0, 0.05) is 12.6 Å². The van der Waals surface area contributed by atoms with Gasteiger partial charge in [0.1, 0.15) is 11.6 Å². The Bertz CT molecular complexity index is 629. The van der Waals surface area contributed by atoms with Gasteiger partial charge in [-0.25, -0.2) is 4.39 Å². The molecule has 4 heteroatoms. The molecule has 1 saturated carbocycles. The summed E-state index contributed by atoms with van der Waals surface area (Å²) in [5, 5.41) is 4.51. The van der Waals surface area contributed by atoms with Crippen molar-refractivity contribution in [1.29, 1.82) is 0 Å². The molecule has 3 nitrogen and oxygen atoms in total. The highest BCUT2D eigenvalue weighted by Gasteiger charge is 2.18. The van der Waals surface area contributed by atoms with Crippen LogP contribution < -0.4 is 0 Å². The van der Waals surface area contributed by atoms with Gasteiger partial charge in [0.05, 0.1) is 18.2 Å². The fourth-order valence-corrected chi connectivity index (χ4v) is 2.98. The van der Waals surface area contributed by atoms with Crippen LogP contribution in [0.2, 0.25) is 0 Å². The van der Waals surface area contributed by atoms with Crippen LogP contribution in [0.15, 0.2) is 36.5 Å². The molecular weight excluding hydrogens is 267 g/mol. The molecular formula is C17H19FN2O. The largest absolute Gasteiger partial charge is 0.299 e. The summed E-state index contributed by atoms with van der Waals surface area (Å²) in [7, 11) is 0. The first-order valence-corrected chi connectivity index (χ1v) is 7.51. The van der Waals surface area contributed by atoms with Crippen LogP contribution in [-0.2, 0) is 17.6 Å². The second-order valence-electron chi connectivity index (χ2n) is 5.75. The van der Waals surface area contributed by atoms with E-state index in [1.54, 1.807) is 12.1 Å². The summed E-state index contributed by atoms with van der Waals surface area (Å²) in [6.45, 7) is 0. The normalized spacial score (nSPS) is 15.5. The third-order valence-corrected chi connectivity index (χ3v) is 4.03. The van der Waals surface area contributed by atoms with E-state index < -0.39 is 0 Å². The first-order chi connectivity index (χ1) is 10.2. The number of carbonyl (C=O) groups excluding carboxylic acids is 1. The number of ketones is 1. The Labute approximate surface area is 123 Å². The monoisotopic (exact) mass is 286 g/mol. The number of aromatic nitrogens is 2. The van der Waals surface area contributed by atoms with E-state index in [0.29, 0.717) is 12.5 Å². The maximum absolute atomic E-state index is 13.1. The van der Waals surface area contributed by atoms with Gasteiger partial charge in [-0.15, -0.1) is 0 Å². The van der Waals surface area contributed by atoms with E-state index in [9.17, 15) is 9.18 Å². The van der Waals surface area contributed by atoms with E-state index in [1.807, 2.05) is 16.9 Å². The highest BCUT2D eigenvalue weighted by molar-refractivity contribution is 5.82. The van der Waals surface area contributed by atoms with Crippen molar-refractivity contribution < 1.29 is 9.18 Å². The molecule has 3 rings (SSSR count). The summed E-state index contributed by atoms with van der Waals surface area (Å²) in [6.07, 6.45) is 7.43. The van der Waals surface area contributed by atoms with Crippen LogP contribution in [0.1, 0.15) is 43.0 Å². The zero-order valence-electron chi connectivity index (χ0n) is 12.0.